The quantitative estimate of drug-likeness (QED) is 0.791. The van der Waals surface area contributed by atoms with Crippen LogP contribution < -0.4 is 10.6 Å². The van der Waals surface area contributed by atoms with Crippen LogP contribution in [0.15, 0.2) is 18.2 Å². The van der Waals surface area contributed by atoms with Gasteiger partial charge in [0.2, 0.25) is 0 Å². The van der Waals surface area contributed by atoms with Crippen LogP contribution in [0.1, 0.15) is 36.8 Å². The number of benzene rings is 1. The smallest absolute Gasteiger partial charge is 0.319 e. The van der Waals surface area contributed by atoms with Crippen LogP contribution in [0.3, 0.4) is 0 Å². The Bertz CT molecular complexity index is 615. The molecule has 0 saturated heterocycles. The van der Waals surface area contributed by atoms with Gasteiger partial charge in [-0.2, -0.15) is 5.26 Å². The molecule has 0 spiro atoms. The predicted molar refractivity (Wildman–Crippen MR) is 76.9 cm³/mol. The maximum absolute atomic E-state index is 12.1. The van der Waals surface area contributed by atoms with E-state index in [-0.39, 0.29) is 6.42 Å². The van der Waals surface area contributed by atoms with Crippen molar-refractivity contribution in [2.75, 3.05) is 5.32 Å². The number of aliphatic carboxylic acids is 1. The Morgan fingerprint density at radius 1 is 1.43 bits per heavy atom. The molecule has 110 valence electrons. The Balaban J connectivity index is 2.07. The molecular weight excluding hydrogens is 270 g/mol. The van der Waals surface area contributed by atoms with Crippen LogP contribution in [-0.4, -0.2) is 22.6 Å². The van der Waals surface area contributed by atoms with Gasteiger partial charge in [0.25, 0.3) is 0 Å². The number of nitrogens with zero attached hydrogens (tertiary/aromatic N) is 1. The lowest BCUT2D eigenvalue weighted by Crippen LogP contribution is -2.55. The summed E-state index contributed by atoms with van der Waals surface area (Å²) in [6.45, 7) is 1.79. The van der Waals surface area contributed by atoms with E-state index in [9.17, 15) is 9.59 Å². The van der Waals surface area contributed by atoms with Crippen LogP contribution in [0, 0.1) is 18.3 Å². The Morgan fingerprint density at radius 2 is 2.14 bits per heavy atom. The van der Waals surface area contributed by atoms with Gasteiger partial charge in [0, 0.05) is 0 Å². The second-order valence-electron chi connectivity index (χ2n) is 5.39. The van der Waals surface area contributed by atoms with E-state index >= 15 is 0 Å². The summed E-state index contributed by atoms with van der Waals surface area (Å²) in [4.78, 5) is 22.9. The van der Waals surface area contributed by atoms with Gasteiger partial charge in [-0.05, 0) is 37.8 Å². The third-order valence-corrected chi connectivity index (χ3v) is 3.81. The third kappa shape index (κ3) is 3.31. The first-order valence-corrected chi connectivity index (χ1v) is 6.76. The van der Waals surface area contributed by atoms with Gasteiger partial charge in [0.1, 0.15) is 6.07 Å². The normalized spacial score (nSPS) is 15.4. The van der Waals surface area contributed by atoms with E-state index in [4.69, 9.17) is 10.4 Å². The molecule has 2 amide bonds. The van der Waals surface area contributed by atoms with Crippen LogP contribution >= 0.6 is 0 Å². The van der Waals surface area contributed by atoms with Gasteiger partial charge in [-0.25, -0.2) is 4.79 Å². The number of aryl methyl sites for hydroxylation is 1. The van der Waals surface area contributed by atoms with Gasteiger partial charge in [0.05, 0.1) is 23.2 Å². The Kier molecular flexibility index (Phi) is 4.13. The Morgan fingerprint density at radius 3 is 2.67 bits per heavy atom. The molecule has 6 nitrogen and oxygen atoms in total. The van der Waals surface area contributed by atoms with Crippen molar-refractivity contribution in [2.45, 2.75) is 38.1 Å². The number of carboxylic acid groups (broad SMARTS) is 1. The molecule has 0 atom stereocenters. The molecule has 0 aliphatic heterocycles. The summed E-state index contributed by atoms with van der Waals surface area (Å²) >= 11 is 0. The molecule has 1 aliphatic rings. The minimum Gasteiger partial charge on any atom is -0.481 e. The number of amides is 2. The lowest BCUT2D eigenvalue weighted by molar-refractivity contribution is -0.139. The summed E-state index contributed by atoms with van der Waals surface area (Å²) in [6.07, 6.45) is 2.14. The molecule has 0 aromatic heterocycles. The monoisotopic (exact) mass is 287 g/mol. The molecule has 3 N–H and O–H groups in total. The summed E-state index contributed by atoms with van der Waals surface area (Å²) in [5.41, 5.74) is 0.958. The first-order chi connectivity index (χ1) is 9.96. The minimum atomic E-state index is -0.928. The van der Waals surface area contributed by atoms with E-state index in [1.54, 1.807) is 25.1 Å². The average molecular weight is 287 g/mol. The van der Waals surface area contributed by atoms with Crippen molar-refractivity contribution in [3.63, 3.8) is 0 Å². The highest BCUT2D eigenvalue weighted by molar-refractivity contribution is 5.92. The van der Waals surface area contributed by atoms with Crippen LogP contribution in [-0.2, 0) is 4.79 Å². The van der Waals surface area contributed by atoms with Crippen LogP contribution in [0.25, 0.3) is 0 Å². The van der Waals surface area contributed by atoms with Crippen molar-refractivity contribution in [3.05, 3.63) is 29.3 Å². The fourth-order valence-electron chi connectivity index (χ4n) is 2.55. The SMILES string of the molecule is Cc1cccc(NC(=O)NC2(CC(=O)O)CCC2)c1C#N. The summed E-state index contributed by atoms with van der Waals surface area (Å²) in [7, 11) is 0. The fourth-order valence-corrected chi connectivity index (χ4v) is 2.55. The lowest BCUT2D eigenvalue weighted by atomic mass is 9.74. The number of urea groups is 1. The molecule has 0 unspecified atom stereocenters. The molecule has 1 saturated carbocycles. The molecule has 6 heteroatoms. The van der Waals surface area contributed by atoms with E-state index in [2.05, 4.69) is 16.7 Å². The number of nitrogens with one attached hydrogen (secondary N) is 2. The molecule has 1 aromatic carbocycles. The standard InChI is InChI=1S/C15H17N3O3/c1-10-4-2-5-12(11(10)9-16)17-14(21)18-15(6-3-7-15)8-13(19)20/h2,4-5H,3,6-8H2,1H3,(H,19,20)(H2,17,18,21). The first kappa shape index (κ1) is 14.9. The highest BCUT2D eigenvalue weighted by Gasteiger charge is 2.40. The predicted octanol–water partition coefficient (Wildman–Crippen LogP) is 2.39. The first-order valence-electron chi connectivity index (χ1n) is 6.76. The number of anilines is 1. The number of carbonyl (C=O) groups excluding carboxylic acids is 1. The largest absolute Gasteiger partial charge is 0.481 e. The minimum absolute atomic E-state index is 0.0840. The number of carboxylic acids is 1. The second kappa shape index (κ2) is 5.83. The Labute approximate surface area is 122 Å². The zero-order valence-electron chi connectivity index (χ0n) is 11.8. The van der Waals surface area contributed by atoms with Crippen LogP contribution in [0.4, 0.5) is 10.5 Å². The van der Waals surface area contributed by atoms with Crippen molar-refractivity contribution < 1.29 is 14.7 Å². The van der Waals surface area contributed by atoms with Crippen molar-refractivity contribution in [2.24, 2.45) is 0 Å². The van der Waals surface area contributed by atoms with Gasteiger partial charge < -0.3 is 15.7 Å². The lowest BCUT2D eigenvalue weighted by Gasteiger charge is -2.41. The van der Waals surface area contributed by atoms with Crippen molar-refractivity contribution in [3.8, 4) is 6.07 Å². The number of nitriles is 1. The van der Waals surface area contributed by atoms with Gasteiger partial charge in [-0.3, -0.25) is 4.79 Å². The van der Waals surface area contributed by atoms with E-state index in [0.29, 0.717) is 24.1 Å². The molecule has 1 aromatic rings. The molecule has 1 aliphatic carbocycles. The zero-order chi connectivity index (χ0) is 15.5. The van der Waals surface area contributed by atoms with Crippen LogP contribution in [0.5, 0.6) is 0 Å². The molecule has 0 bridgehead atoms. The van der Waals surface area contributed by atoms with E-state index < -0.39 is 17.5 Å². The van der Waals surface area contributed by atoms with Crippen molar-refractivity contribution >= 4 is 17.7 Å². The molecular formula is C15H17N3O3. The molecule has 21 heavy (non-hydrogen) atoms. The number of carbonyl (C=O) groups is 2. The maximum Gasteiger partial charge on any atom is 0.319 e. The van der Waals surface area contributed by atoms with Gasteiger partial charge in [-0.15, -0.1) is 0 Å². The van der Waals surface area contributed by atoms with Gasteiger partial charge >= 0.3 is 12.0 Å². The molecule has 0 heterocycles. The third-order valence-electron chi connectivity index (χ3n) is 3.81. The second-order valence-corrected chi connectivity index (χ2v) is 5.39. The molecule has 1 fully saturated rings. The zero-order valence-corrected chi connectivity index (χ0v) is 11.8. The number of hydrogen-bond acceptors (Lipinski definition) is 3. The van der Waals surface area contributed by atoms with E-state index in [1.165, 1.54) is 0 Å². The van der Waals surface area contributed by atoms with E-state index in [0.717, 1.165) is 12.0 Å². The van der Waals surface area contributed by atoms with Crippen molar-refractivity contribution in [1.82, 2.24) is 5.32 Å². The maximum atomic E-state index is 12.1. The van der Waals surface area contributed by atoms with E-state index in [1.807, 2.05) is 0 Å². The van der Waals surface area contributed by atoms with Gasteiger partial charge in [-0.1, -0.05) is 12.1 Å². The highest BCUT2D eigenvalue weighted by atomic mass is 16.4. The number of hydrogen-bond donors (Lipinski definition) is 3. The summed E-state index contributed by atoms with van der Waals surface area (Å²) in [5.74, 6) is -0.928. The summed E-state index contributed by atoms with van der Waals surface area (Å²) in [6, 6.07) is 6.77. The number of rotatable bonds is 4. The summed E-state index contributed by atoms with van der Waals surface area (Å²) < 4.78 is 0. The van der Waals surface area contributed by atoms with Gasteiger partial charge in [0.15, 0.2) is 0 Å². The average Bonchev–Trinajstić information content (AvgIpc) is 2.35. The van der Waals surface area contributed by atoms with Crippen molar-refractivity contribution in [1.29, 1.82) is 5.26 Å². The van der Waals surface area contributed by atoms with Crippen LogP contribution in [0.2, 0.25) is 0 Å². The Hall–Kier alpha value is -2.55. The molecule has 0 radical (unpaired) electrons. The highest BCUT2D eigenvalue weighted by Crippen LogP contribution is 2.35. The topological polar surface area (TPSA) is 102 Å². The molecule has 2 rings (SSSR count). The summed E-state index contributed by atoms with van der Waals surface area (Å²) in [5, 5.41) is 23.4. The fraction of sp³-hybridized carbons (Fsp3) is 0.400.